The SMILES string of the molecule is CCC[C@H](NC(=O)Cc1ccccc1)C(=O)N[C@H](C)[C@@H]1CCCO1. The first kappa shape index (κ1) is 18.5. The monoisotopic (exact) mass is 332 g/mol. The highest BCUT2D eigenvalue weighted by Gasteiger charge is 2.27. The quantitative estimate of drug-likeness (QED) is 0.767. The van der Waals surface area contributed by atoms with Crippen LogP contribution in [0.4, 0.5) is 0 Å². The fourth-order valence-corrected chi connectivity index (χ4v) is 3.00. The number of carbonyl (C=O) groups excluding carboxylic acids is 2. The van der Waals surface area contributed by atoms with Gasteiger partial charge < -0.3 is 15.4 Å². The van der Waals surface area contributed by atoms with Crippen molar-refractivity contribution in [2.24, 2.45) is 0 Å². The second-order valence-corrected chi connectivity index (χ2v) is 6.42. The molecule has 1 aromatic carbocycles. The van der Waals surface area contributed by atoms with Crippen LogP contribution in [0.25, 0.3) is 0 Å². The molecule has 0 saturated carbocycles. The molecule has 0 unspecified atom stereocenters. The highest BCUT2D eigenvalue weighted by molar-refractivity contribution is 5.88. The average Bonchev–Trinajstić information content (AvgIpc) is 3.10. The summed E-state index contributed by atoms with van der Waals surface area (Å²) in [6.07, 6.45) is 3.84. The molecule has 132 valence electrons. The van der Waals surface area contributed by atoms with Crippen LogP contribution in [0.3, 0.4) is 0 Å². The molecule has 2 amide bonds. The molecule has 1 aliphatic rings. The zero-order chi connectivity index (χ0) is 17.4. The molecule has 2 rings (SSSR count). The van der Waals surface area contributed by atoms with Gasteiger partial charge in [0.2, 0.25) is 11.8 Å². The zero-order valence-electron chi connectivity index (χ0n) is 14.6. The Labute approximate surface area is 144 Å². The van der Waals surface area contributed by atoms with Gasteiger partial charge in [0.05, 0.1) is 18.6 Å². The van der Waals surface area contributed by atoms with Crippen LogP contribution in [0.5, 0.6) is 0 Å². The summed E-state index contributed by atoms with van der Waals surface area (Å²) in [6, 6.07) is 9.02. The Balaban J connectivity index is 1.87. The fraction of sp³-hybridized carbons (Fsp3) is 0.579. The second kappa shape index (κ2) is 9.42. The summed E-state index contributed by atoms with van der Waals surface area (Å²) in [4.78, 5) is 24.7. The molecule has 3 atom stereocenters. The van der Waals surface area contributed by atoms with Crippen molar-refractivity contribution in [3.63, 3.8) is 0 Å². The Kier molecular flexibility index (Phi) is 7.25. The lowest BCUT2D eigenvalue weighted by Crippen LogP contribution is -2.51. The third kappa shape index (κ3) is 5.64. The van der Waals surface area contributed by atoms with Crippen LogP contribution in [0.15, 0.2) is 30.3 Å². The molecule has 1 heterocycles. The lowest BCUT2D eigenvalue weighted by molar-refractivity contribution is -0.129. The molecule has 0 radical (unpaired) electrons. The summed E-state index contributed by atoms with van der Waals surface area (Å²) >= 11 is 0. The minimum absolute atomic E-state index is 0.0367. The van der Waals surface area contributed by atoms with Gasteiger partial charge in [-0.3, -0.25) is 9.59 Å². The summed E-state index contributed by atoms with van der Waals surface area (Å²) in [6.45, 7) is 4.73. The number of hydrogen-bond acceptors (Lipinski definition) is 3. The maximum atomic E-state index is 12.5. The van der Waals surface area contributed by atoms with Crippen LogP contribution in [0.2, 0.25) is 0 Å². The van der Waals surface area contributed by atoms with Crippen molar-refractivity contribution >= 4 is 11.8 Å². The molecule has 2 N–H and O–H groups in total. The van der Waals surface area contributed by atoms with E-state index >= 15 is 0 Å². The molecule has 0 aliphatic carbocycles. The van der Waals surface area contributed by atoms with Gasteiger partial charge >= 0.3 is 0 Å². The van der Waals surface area contributed by atoms with Crippen LogP contribution in [-0.2, 0) is 20.7 Å². The first-order valence-corrected chi connectivity index (χ1v) is 8.85. The molecule has 24 heavy (non-hydrogen) atoms. The number of hydrogen-bond donors (Lipinski definition) is 2. The maximum Gasteiger partial charge on any atom is 0.242 e. The number of amides is 2. The third-order valence-electron chi connectivity index (χ3n) is 4.33. The smallest absolute Gasteiger partial charge is 0.242 e. The number of rotatable bonds is 8. The molecular weight excluding hydrogens is 304 g/mol. The molecule has 0 bridgehead atoms. The Morgan fingerprint density at radius 3 is 2.62 bits per heavy atom. The van der Waals surface area contributed by atoms with E-state index in [1.54, 1.807) is 0 Å². The number of nitrogens with one attached hydrogen (secondary N) is 2. The van der Waals surface area contributed by atoms with E-state index in [1.807, 2.05) is 44.2 Å². The lowest BCUT2D eigenvalue weighted by atomic mass is 10.1. The van der Waals surface area contributed by atoms with Crippen molar-refractivity contribution in [3.05, 3.63) is 35.9 Å². The molecular formula is C19H28N2O3. The van der Waals surface area contributed by atoms with E-state index in [4.69, 9.17) is 4.74 Å². The van der Waals surface area contributed by atoms with E-state index < -0.39 is 6.04 Å². The molecule has 0 spiro atoms. The summed E-state index contributed by atoms with van der Waals surface area (Å²) < 4.78 is 5.61. The highest BCUT2D eigenvalue weighted by atomic mass is 16.5. The van der Waals surface area contributed by atoms with E-state index in [0.29, 0.717) is 6.42 Å². The van der Waals surface area contributed by atoms with Gasteiger partial charge in [0, 0.05) is 6.61 Å². The number of ether oxygens (including phenoxy) is 1. The van der Waals surface area contributed by atoms with Crippen LogP contribution in [-0.4, -0.2) is 36.6 Å². The molecule has 1 aliphatic heterocycles. The third-order valence-corrected chi connectivity index (χ3v) is 4.33. The summed E-state index contributed by atoms with van der Waals surface area (Å²) in [5, 5.41) is 5.87. The van der Waals surface area contributed by atoms with Crippen LogP contribution >= 0.6 is 0 Å². The largest absolute Gasteiger partial charge is 0.376 e. The molecule has 1 fully saturated rings. The molecule has 0 aromatic heterocycles. The molecule has 1 saturated heterocycles. The van der Waals surface area contributed by atoms with Crippen molar-refractivity contribution < 1.29 is 14.3 Å². The topological polar surface area (TPSA) is 67.4 Å². The first-order chi connectivity index (χ1) is 11.6. The van der Waals surface area contributed by atoms with Gasteiger partial charge in [-0.05, 0) is 31.7 Å². The van der Waals surface area contributed by atoms with Gasteiger partial charge in [-0.1, -0.05) is 43.7 Å². The summed E-state index contributed by atoms with van der Waals surface area (Å²) in [7, 11) is 0. The van der Waals surface area contributed by atoms with Gasteiger partial charge in [0.25, 0.3) is 0 Å². The zero-order valence-corrected chi connectivity index (χ0v) is 14.6. The normalized spacial score (nSPS) is 19.5. The Hall–Kier alpha value is -1.88. The van der Waals surface area contributed by atoms with Crippen molar-refractivity contribution in [1.82, 2.24) is 10.6 Å². The predicted octanol–water partition coefficient (Wildman–Crippen LogP) is 2.20. The molecule has 5 nitrogen and oxygen atoms in total. The minimum atomic E-state index is -0.491. The van der Waals surface area contributed by atoms with Crippen LogP contribution in [0, 0.1) is 0 Å². The van der Waals surface area contributed by atoms with Gasteiger partial charge in [-0.15, -0.1) is 0 Å². The molecule has 5 heteroatoms. The number of carbonyl (C=O) groups is 2. The van der Waals surface area contributed by atoms with Crippen LogP contribution in [0.1, 0.15) is 45.1 Å². The number of benzene rings is 1. The van der Waals surface area contributed by atoms with Crippen molar-refractivity contribution in [3.8, 4) is 0 Å². The second-order valence-electron chi connectivity index (χ2n) is 6.42. The molecule has 1 aromatic rings. The summed E-state index contributed by atoms with van der Waals surface area (Å²) in [5.41, 5.74) is 0.943. The van der Waals surface area contributed by atoms with E-state index in [9.17, 15) is 9.59 Å². The Morgan fingerprint density at radius 1 is 1.25 bits per heavy atom. The van der Waals surface area contributed by atoms with E-state index in [1.165, 1.54) is 0 Å². The fourth-order valence-electron chi connectivity index (χ4n) is 3.00. The van der Waals surface area contributed by atoms with Gasteiger partial charge in [0.1, 0.15) is 6.04 Å². The lowest BCUT2D eigenvalue weighted by Gasteiger charge is -2.24. The summed E-state index contributed by atoms with van der Waals surface area (Å²) in [5.74, 6) is -0.249. The van der Waals surface area contributed by atoms with Gasteiger partial charge in [-0.2, -0.15) is 0 Å². The van der Waals surface area contributed by atoms with E-state index in [2.05, 4.69) is 10.6 Å². The average molecular weight is 332 g/mol. The maximum absolute atomic E-state index is 12.5. The first-order valence-electron chi connectivity index (χ1n) is 8.85. The highest BCUT2D eigenvalue weighted by Crippen LogP contribution is 2.15. The van der Waals surface area contributed by atoms with Crippen molar-refractivity contribution in [1.29, 1.82) is 0 Å². The predicted molar refractivity (Wildman–Crippen MR) is 93.6 cm³/mol. The van der Waals surface area contributed by atoms with Crippen molar-refractivity contribution in [2.75, 3.05) is 6.61 Å². The Morgan fingerprint density at radius 2 is 2.00 bits per heavy atom. The minimum Gasteiger partial charge on any atom is -0.376 e. The van der Waals surface area contributed by atoms with Gasteiger partial charge in [0.15, 0.2) is 0 Å². The van der Waals surface area contributed by atoms with E-state index in [-0.39, 0.29) is 30.4 Å². The van der Waals surface area contributed by atoms with Crippen LogP contribution < -0.4 is 10.6 Å². The van der Waals surface area contributed by atoms with E-state index in [0.717, 1.165) is 31.4 Å². The van der Waals surface area contributed by atoms with Gasteiger partial charge in [-0.25, -0.2) is 0 Å². The van der Waals surface area contributed by atoms with Crippen molar-refractivity contribution in [2.45, 2.75) is 64.1 Å². The Bertz CT molecular complexity index is 527. The standard InChI is InChI=1S/C19H28N2O3/c1-3-8-16(19(23)20-14(2)17-11-7-12-24-17)21-18(22)13-15-9-5-4-6-10-15/h4-6,9-10,14,16-17H,3,7-8,11-13H2,1-2H3,(H,20,23)(H,21,22)/t14-,16+,17+/m1/s1.